The summed E-state index contributed by atoms with van der Waals surface area (Å²) < 4.78 is 39.4. The summed E-state index contributed by atoms with van der Waals surface area (Å²) in [5, 5.41) is 9.65. The van der Waals surface area contributed by atoms with Crippen molar-refractivity contribution in [2.75, 3.05) is 7.05 Å². The monoisotopic (exact) mass is 334 g/mol. The lowest BCUT2D eigenvalue weighted by Crippen LogP contribution is -2.19. The fourth-order valence-corrected chi connectivity index (χ4v) is 2.70. The van der Waals surface area contributed by atoms with Crippen LogP contribution in [0.3, 0.4) is 0 Å². The Bertz CT molecular complexity index is 733. The van der Waals surface area contributed by atoms with Gasteiger partial charge in [-0.1, -0.05) is 15.9 Å². The molecule has 0 bridgehead atoms. The molecule has 5 nitrogen and oxygen atoms in total. The first-order valence-corrected chi connectivity index (χ1v) is 7.04. The van der Waals surface area contributed by atoms with E-state index in [-0.39, 0.29) is 10.9 Å². The number of rotatable bonds is 2. The van der Waals surface area contributed by atoms with E-state index in [0.29, 0.717) is 4.47 Å². The van der Waals surface area contributed by atoms with Gasteiger partial charge in [-0.3, -0.25) is 4.98 Å². The van der Waals surface area contributed by atoms with Crippen LogP contribution in [-0.2, 0) is 10.0 Å². The Morgan fingerprint density at radius 2 is 2.11 bits per heavy atom. The minimum absolute atomic E-state index is 0.162. The minimum atomic E-state index is -3.89. The third kappa shape index (κ3) is 2.06. The molecule has 0 amide bonds. The first-order valence-electron chi connectivity index (χ1n) is 4.77. The first-order chi connectivity index (χ1) is 8.36. The van der Waals surface area contributed by atoms with Gasteiger partial charge in [-0.15, -0.1) is 0 Å². The van der Waals surface area contributed by atoms with E-state index >= 15 is 0 Å². The quantitative estimate of drug-likeness (QED) is 0.876. The number of hydrogen-bond acceptors (Lipinski definition) is 4. The second-order valence-electron chi connectivity index (χ2n) is 3.46. The molecule has 2 aromatic rings. The van der Waals surface area contributed by atoms with Crippen LogP contribution in [0.2, 0.25) is 0 Å². The van der Waals surface area contributed by atoms with Gasteiger partial charge in [-0.2, -0.15) is 0 Å². The highest BCUT2D eigenvalue weighted by molar-refractivity contribution is 9.10. The van der Waals surface area contributed by atoms with Crippen molar-refractivity contribution >= 4 is 36.9 Å². The van der Waals surface area contributed by atoms with Crippen LogP contribution in [0.15, 0.2) is 27.7 Å². The Morgan fingerprint density at radius 1 is 1.44 bits per heavy atom. The summed E-state index contributed by atoms with van der Waals surface area (Å²) in [7, 11) is -2.70. The van der Waals surface area contributed by atoms with Crippen LogP contribution in [0.25, 0.3) is 10.9 Å². The molecule has 0 spiro atoms. The molecule has 2 N–H and O–H groups in total. The maximum absolute atomic E-state index is 13.7. The van der Waals surface area contributed by atoms with E-state index in [2.05, 4.69) is 20.9 Å². The van der Waals surface area contributed by atoms with Gasteiger partial charge in [-0.25, -0.2) is 17.5 Å². The Hall–Kier alpha value is -1.25. The molecular formula is C10H8BrFN2O3S. The van der Waals surface area contributed by atoms with Gasteiger partial charge in [0, 0.05) is 4.47 Å². The van der Waals surface area contributed by atoms with Gasteiger partial charge in [0.05, 0.1) is 17.1 Å². The number of nitrogens with zero attached hydrogens (tertiary/aromatic N) is 1. The van der Waals surface area contributed by atoms with Crippen molar-refractivity contribution in [1.82, 2.24) is 9.71 Å². The van der Waals surface area contributed by atoms with Crippen LogP contribution in [0.5, 0.6) is 5.75 Å². The zero-order valence-electron chi connectivity index (χ0n) is 9.11. The van der Waals surface area contributed by atoms with Crippen molar-refractivity contribution < 1.29 is 17.9 Å². The zero-order chi connectivity index (χ0) is 13.5. The van der Waals surface area contributed by atoms with Crippen molar-refractivity contribution in [3.05, 3.63) is 28.6 Å². The summed E-state index contributed by atoms with van der Waals surface area (Å²) >= 11 is 3.09. The van der Waals surface area contributed by atoms with Crippen LogP contribution in [0.4, 0.5) is 4.39 Å². The highest BCUT2D eigenvalue weighted by Crippen LogP contribution is 2.33. The van der Waals surface area contributed by atoms with Crippen molar-refractivity contribution in [3.63, 3.8) is 0 Å². The summed E-state index contributed by atoms with van der Waals surface area (Å²) in [5.41, 5.74) is 0.162. The first kappa shape index (κ1) is 13.2. The van der Waals surface area contributed by atoms with E-state index in [9.17, 15) is 17.9 Å². The molecule has 0 saturated heterocycles. The molecule has 0 radical (unpaired) electrons. The smallest absolute Gasteiger partial charge is 0.245 e. The third-order valence-corrected chi connectivity index (χ3v) is 4.26. The van der Waals surface area contributed by atoms with Gasteiger partial charge < -0.3 is 5.11 Å². The molecule has 1 aromatic carbocycles. The molecule has 2 rings (SSSR count). The molecule has 0 aliphatic heterocycles. The van der Waals surface area contributed by atoms with E-state index in [0.717, 1.165) is 12.3 Å². The predicted molar refractivity (Wildman–Crippen MR) is 67.3 cm³/mol. The maximum atomic E-state index is 13.7. The summed E-state index contributed by atoms with van der Waals surface area (Å²) in [4.78, 5) is 3.37. The zero-order valence-corrected chi connectivity index (χ0v) is 11.5. The fourth-order valence-electron chi connectivity index (χ4n) is 1.52. The number of benzene rings is 1. The number of hydrogen-bond donors (Lipinski definition) is 2. The molecule has 1 heterocycles. The number of aromatic nitrogens is 1. The lowest BCUT2D eigenvalue weighted by atomic mass is 10.2. The molecule has 0 unspecified atom stereocenters. The second-order valence-corrected chi connectivity index (χ2v) is 6.23. The Balaban J connectivity index is 2.88. The van der Waals surface area contributed by atoms with Crippen molar-refractivity contribution in [2.45, 2.75) is 4.90 Å². The molecule has 0 aliphatic rings. The molecule has 18 heavy (non-hydrogen) atoms. The molecule has 0 saturated carbocycles. The maximum Gasteiger partial charge on any atom is 0.245 e. The standard InChI is InChI=1S/C10H8BrFN2O3S/c1-13-18(16,17)8-4-14-7-3-5(11)2-6(12)9(7)10(8)15/h2-4,13H,1H3,(H,14,15). The molecule has 0 fully saturated rings. The van der Waals surface area contributed by atoms with E-state index in [1.165, 1.54) is 13.1 Å². The normalized spacial score (nSPS) is 11.9. The predicted octanol–water partition coefficient (Wildman–Crippen LogP) is 1.75. The van der Waals surface area contributed by atoms with Crippen LogP contribution in [0, 0.1) is 5.82 Å². The van der Waals surface area contributed by atoms with Crippen LogP contribution >= 0.6 is 15.9 Å². The number of halogens is 2. The lowest BCUT2D eigenvalue weighted by Gasteiger charge is -2.08. The van der Waals surface area contributed by atoms with Crippen molar-refractivity contribution in [2.24, 2.45) is 0 Å². The van der Waals surface area contributed by atoms with E-state index in [1.807, 2.05) is 4.72 Å². The Labute approximate surface area is 111 Å². The molecule has 1 aromatic heterocycles. The van der Waals surface area contributed by atoms with Gasteiger partial charge in [0.1, 0.15) is 16.5 Å². The molecule has 8 heteroatoms. The van der Waals surface area contributed by atoms with Crippen LogP contribution in [-0.4, -0.2) is 25.6 Å². The average Bonchev–Trinajstić information content (AvgIpc) is 2.27. The summed E-state index contributed by atoms with van der Waals surface area (Å²) in [6.07, 6.45) is 0.982. The van der Waals surface area contributed by atoms with E-state index in [4.69, 9.17) is 0 Å². The number of fused-ring (bicyclic) bond motifs is 1. The highest BCUT2D eigenvalue weighted by Gasteiger charge is 2.21. The highest BCUT2D eigenvalue weighted by atomic mass is 79.9. The van der Waals surface area contributed by atoms with Gasteiger partial charge in [0.15, 0.2) is 0 Å². The van der Waals surface area contributed by atoms with Gasteiger partial charge in [0.2, 0.25) is 10.0 Å². The molecule has 96 valence electrons. The average molecular weight is 335 g/mol. The Morgan fingerprint density at radius 3 is 2.72 bits per heavy atom. The van der Waals surface area contributed by atoms with Crippen LogP contribution < -0.4 is 4.72 Å². The largest absolute Gasteiger partial charge is 0.506 e. The topological polar surface area (TPSA) is 79.3 Å². The summed E-state index contributed by atoms with van der Waals surface area (Å²) in [6, 6.07) is 2.60. The fraction of sp³-hybridized carbons (Fsp3) is 0.100. The third-order valence-electron chi connectivity index (χ3n) is 2.38. The van der Waals surface area contributed by atoms with Crippen LogP contribution in [0.1, 0.15) is 0 Å². The van der Waals surface area contributed by atoms with E-state index < -0.39 is 26.5 Å². The second kappa shape index (κ2) is 4.45. The molecular weight excluding hydrogens is 327 g/mol. The Kier molecular flexibility index (Phi) is 3.26. The molecule has 0 atom stereocenters. The van der Waals surface area contributed by atoms with Crippen molar-refractivity contribution in [1.29, 1.82) is 0 Å². The summed E-state index contributed by atoms with van der Waals surface area (Å²) in [5.74, 6) is -1.41. The van der Waals surface area contributed by atoms with Crippen molar-refractivity contribution in [3.8, 4) is 5.75 Å². The van der Waals surface area contributed by atoms with Gasteiger partial charge in [0.25, 0.3) is 0 Å². The minimum Gasteiger partial charge on any atom is -0.506 e. The summed E-state index contributed by atoms with van der Waals surface area (Å²) in [6.45, 7) is 0. The van der Waals surface area contributed by atoms with Gasteiger partial charge >= 0.3 is 0 Å². The van der Waals surface area contributed by atoms with E-state index in [1.54, 1.807) is 0 Å². The number of aromatic hydroxyl groups is 1. The number of pyridine rings is 1. The van der Waals surface area contributed by atoms with Gasteiger partial charge in [-0.05, 0) is 19.2 Å². The lowest BCUT2D eigenvalue weighted by molar-refractivity contribution is 0.461. The SMILES string of the molecule is CNS(=O)(=O)c1cnc2cc(Br)cc(F)c2c1O. The number of sulfonamides is 1. The number of nitrogens with one attached hydrogen (secondary N) is 1. The molecule has 0 aliphatic carbocycles.